The van der Waals surface area contributed by atoms with Gasteiger partial charge in [0.15, 0.2) is 0 Å². The number of alkyl carbamates (subject to hydrolysis) is 1. The Hall–Kier alpha value is -3.10. The van der Waals surface area contributed by atoms with Gasteiger partial charge in [0.1, 0.15) is 23.9 Å². The molecule has 0 radical (unpaired) electrons. The summed E-state index contributed by atoms with van der Waals surface area (Å²) in [4.78, 5) is 49.2. The molecule has 0 aromatic heterocycles. The van der Waals surface area contributed by atoms with Crippen LogP contribution in [0.5, 0.6) is 0 Å². The van der Waals surface area contributed by atoms with Crippen molar-refractivity contribution in [1.82, 2.24) is 10.6 Å². The first-order valence-corrected chi connectivity index (χ1v) is 18.9. The maximum atomic E-state index is 12.8. The Morgan fingerprint density at radius 3 is 1.61 bits per heavy atom. The summed E-state index contributed by atoms with van der Waals surface area (Å²) in [5, 5.41) is 5.63. The summed E-state index contributed by atoms with van der Waals surface area (Å²) in [6.07, 6.45) is 18.4. The third-order valence-electron chi connectivity index (χ3n) is 7.88. The van der Waals surface area contributed by atoms with E-state index in [9.17, 15) is 19.2 Å². The highest BCUT2D eigenvalue weighted by Gasteiger charge is 2.26. The van der Waals surface area contributed by atoms with Gasteiger partial charge in [-0.15, -0.1) is 0 Å². The fourth-order valence-electron chi connectivity index (χ4n) is 5.40. The highest BCUT2D eigenvalue weighted by molar-refractivity contribution is 5.84. The van der Waals surface area contributed by atoms with E-state index < -0.39 is 29.3 Å². The predicted molar refractivity (Wildman–Crippen MR) is 196 cm³/mol. The molecule has 49 heavy (non-hydrogen) atoms. The van der Waals surface area contributed by atoms with E-state index >= 15 is 0 Å². The summed E-state index contributed by atoms with van der Waals surface area (Å²) in [6.45, 7) is 11.8. The molecule has 1 rings (SSSR count). The van der Waals surface area contributed by atoms with Crippen LogP contribution in [0.15, 0.2) is 30.3 Å². The number of amides is 2. The van der Waals surface area contributed by atoms with Crippen molar-refractivity contribution >= 4 is 23.9 Å². The minimum atomic E-state index is -0.707. The molecule has 0 fully saturated rings. The molecular weight excluding hydrogens is 620 g/mol. The zero-order chi connectivity index (χ0) is 36.4. The Bertz CT molecular complexity index is 1050. The van der Waals surface area contributed by atoms with Crippen molar-refractivity contribution in [3.8, 4) is 0 Å². The second-order valence-corrected chi connectivity index (χ2v) is 15.2. The van der Waals surface area contributed by atoms with Crippen molar-refractivity contribution < 1.29 is 33.4 Å². The number of nitrogens with one attached hydrogen (secondary N) is 2. The molecule has 2 N–H and O–H groups in total. The van der Waals surface area contributed by atoms with E-state index in [1.807, 2.05) is 71.9 Å². The van der Waals surface area contributed by atoms with Gasteiger partial charge in [-0.25, -0.2) is 9.59 Å². The van der Waals surface area contributed by atoms with E-state index in [2.05, 4.69) is 10.6 Å². The molecule has 0 aliphatic heterocycles. The average Bonchev–Trinajstić information content (AvgIpc) is 3.01. The minimum absolute atomic E-state index is 0.0866. The molecule has 280 valence electrons. The van der Waals surface area contributed by atoms with E-state index in [1.54, 1.807) is 0 Å². The van der Waals surface area contributed by atoms with Crippen LogP contribution >= 0.6 is 0 Å². The lowest BCUT2D eigenvalue weighted by atomic mass is 10.0. The van der Waals surface area contributed by atoms with Crippen molar-refractivity contribution in [1.29, 1.82) is 0 Å². The van der Waals surface area contributed by atoms with Crippen molar-refractivity contribution in [2.24, 2.45) is 0 Å². The van der Waals surface area contributed by atoms with Gasteiger partial charge in [-0.3, -0.25) is 9.59 Å². The molecule has 0 aliphatic carbocycles. The van der Waals surface area contributed by atoms with E-state index in [-0.39, 0.29) is 18.5 Å². The Kier molecular flexibility index (Phi) is 23.1. The normalized spacial score (nSPS) is 12.2. The number of carbonyl (C=O) groups excluding carboxylic acids is 4. The highest BCUT2D eigenvalue weighted by atomic mass is 16.6. The molecule has 0 saturated heterocycles. The van der Waals surface area contributed by atoms with Crippen LogP contribution in [0.4, 0.5) is 4.79 Å². The van der Waals surface area contributed by atoms with Crippen LogP contribution in [-0.2, 0) is 35.2 Å². The predicted octanol–water partition coefficient (Wildman–Crippen LogP) is 9.49. The van der Waals surface area contributed by atoms with Crippen molar-refractivity contribution in [3.63, 3.8) is 0 Å². The lowest BCUT2D eigenvalue weighted by Crippen LogP contribution is -2.44. The van der Waals surface area contributed by atoms with Crippen LogP contribution in [0.25, 0.3) is 0 Å². The Morgan fingerprint density at radius 1 is 0.612 bits per heavy atom. The SMILES string of the molecule is CC(C)(C)OC(=O)CCCCCCCCCCCCCCCCC(=O)NC(CCCCNC(=O)OCc1ccccc1)C(=O)OC(C)(C)C. The first kappa shape index (κ1) is 43.9. The molecule has 0 bridgehead atoms. The number of hydrogen-bond donors (Lipinski definition) is 2. The van der Waals surface area contributed by atoms with Crippen molar-refractivity contribution in [2.45, 2.75) is 187 Å². The largest absolute Gasteiger partial charge is 0.460 e. The monoisotopic (exact) mass is 689 g/mol. The van der Waals surface area contributed by atoms with Crippen LogP contribution < -0.4 is 10.6 Å². The summed E-state index contributed by atoms with van der Waals surface area (Å²) >= 11 is 0. The van der Waals surface area contributed by atoms with Gasteiger partial charge in [-0.05, 0) is 79.2 Å². The zero-order valence-electron chi connectivity index (χ0n) is 31.7. The second kappa shape index (κ2) is 25.8. The lowest BCUT2D eigenvalue weighted by molar-refractivity contribution is -0.159. The Labute approximate surface area is 297 Å². The number of esters is 2. The van der Waals surface area contributed by atoms with Crippen molar-refractivity contribution in [3.05, 3.63) is 35.9 Å². The summed E-state index contributed by atoms with van der Waals surface area (Å²) < 4.78 is 16.1. The molecule has 9 heteroatoms. The van der Waals surface area contributed by atoms with Crippen LogP contribution in [0.2, 0.25) is 0 Å². The van der Waals surface area contributed by atoms with Gasteiger partial charge in [0.05, 0.1) is 0 Å². The molecule has 1 unspecified atom stereocenters. The third kappa shape index (κ3) is 27.4. The van der Waals surface area contributed by atoms with Crippen LogP contribution in [-0.4, -0.2) is 47.7 Å². The minimum Gasteiger partial charge on any atom is -0.460 e. The number of unbranched alkanes of at least 4 members (excludes halogenated alkanes) is 14. The second-order valence-electron chi connectivity index (χ2n) is 15.2. The maximum Gasteiger partial charge on any atom is 0.407 e. The van der Waals surface area contributed by atoms with Crippen LogP contribution in [0.1, 0.15) is 169 Å². The number of ether oxygens (including phenoxy) is 3. The smallest absolute Gasteiger partial charge is 0.407 e. The summed E-state index contributed by atoms with van der Waals surface area (Å²) in [5.41, 5.74) is -0.114. The van der Waals surface area contributed by atoms with Gasteiger partial charge in [0.2, 0.25) is 5.91 Å². The zero-order valence-corrected chi connectivity index (χ0v) is 31.7. The molecule has 1 aromatic carbocycles. The number of benzene rings is 1. The van der Waals surface area contributed by atoms with Gasteiger partial charge in [0.25, 0.3) is 0 Å². The molecule has 0 aliphatic rings. The van der Waals surface area contributed by atoms with Crippen LogP contribution in [0, 0.1) is 0 Å². The standard InChI is InChI=1S/C40H68N2O7/c1-39(2,3)48-36(44)30-23-18-16-14-12-10-8-7-9-11-13-15-17-22-29-35(43)42-34(37(45)49-40(4,5)6)28-24-25-31-41-38(46)47-32-33-26-20-19-21-27-33/h19-21,26-27,34H,7-18,22-25,28-32H2,1-6H3,(H,41,46)(H,42,43). The number of hydrogen-bond acceptors (Lipinski definition) is 7. The van der Waals surface area contributed by atoms with Gasteiger partial charge in [-0.2, -0.15) is 0 Å². The van der Waals surface area contributed by atoms with Gasteiger partial charge >= 0.3 is 18.0 Å². The quantitative estimate of drug-likeness (QED) is 0.0565. The third-order valence-corrected chi connectivity index (χ3v) is 7.88. The molecular formula is C40H68N2O7. The molecule has 9 nitrogen and oxygen atoms in total. The fraction of sp³-hybridized carbons (Fsp3) is 0.750. The van der Waals surface area contributed by atoms with Gasteiger partial charge in [0, 0.05) is 19.4 Å². The first-order valence-electron chi connectivity index (χ1n) is 18.9. The highest BCUT2D eigenvalue weighted by Crippen LogP contribution is 2.16. The average molecular weight is 689 g/mol. The summed E-state index contributed by atoms with van der Waals surface area (Å²) in [5.74, 6) is -0.635. The van der Waals surface area contributed by atoms with E-state index in [0.29, 0.717) is 38.6 Å². The van der Waals surface area contributed by atoms with E-state index in [4.69, 9.17) is 14.2 Å². The van der Waals surface area contributed by atoms with E-state index in [0.717, 1.165) is 37.7 Å². The topological polar surface area (TPSA) is 120 Å². The van der Waals surface area contributed by atoms with E-state index in [1.165, 1.54) is 57.8 Å². The molecule has 0 spiro atoms. The van der Waals surface area contributed by atoms with Gasteiger partial charge < -0.3 is 24.8 Å². The maximum absolute atomic E-state index is 12.8. The molecule has 1 atom stereocenters. The molecule has 0 heterocycles. The Morgan fingerprint density at radius 2 is 1.10 bits per heavy atom. The number of carbonyl (C=O) groups is 4. The fourth-order valence-corrected chi connectivity index (χ4v) is 5.40. The lowest BCUT2D eigenvalue weighted by Gasteiger charge is -2.24. The Balaban J connectivity index is 2.10. The molecule has 2 amide bonds. The van der Waals surface area contributed by atoms with Gasteiger partial charge in [-0.1, -0.05) is 107 Å². The summed E-state index contributed by atoms with van der Waals surface area (Å²) in [7, 11) is 0. The van der Waals surface area contributed by atoms with Crippen LogP contribution in [0.3, 0.4) is 0 Å². The molecule has 0 saturated carbocycles. The first-order chi connectivity index (χ1) is 23.2. The molecule has 1 aromatic rings. The summed E-state index contributed by atoms with van der Waals surface area (Å²) in [6, 6.07) is 8.78. The number of rotatable bonds is 26. The van der Waals surface area contributed by atoms with Crippen molar-refractivity contribution in [2.75, 3.05) is 6.54 Å².